The Bertz CT molecular complexity index is 188. The van der Waals surface area contributed by atoms with Crippen LogP contribution in [0.5, 0.6) is 0 Å². The highest BCUT2D eigenvalue weighted by Crippen LogP contribution is 2.27. The monoisotopic (exact) mass is 196 g/mol. The largest absolute Gasteiger partial charge is 0.205 e. The summed E-state index contributed by atoms with van der Waals surface area (Å²) >= 11 is 16.1. The standard InChI is InChI=1S/C5H3Cl3N2/c6-4(2-9)1-5(7,8)3-10/h4H,1H2. The van der Waals surface area contributed by atoms with Gasteiger partial charge in [0, 0.05) is 6.42 Å². The molecule has 0 rings (SSSR count). The number of nitrogens with zero attached hydrogens (tertiary/aromatic N) is 2. The molecule has 0 spiro atoms. The van der Waals surface area contributed by atoms with Crippen LogP contribution in [0.1, 0.15) is 6.42 Å². The zero-order chi connectivity index (χ0) is 8.20. The quantitative estimate of drug-likeness (QED) is 0.637. The van der Waals surface area contributed by atoms with Crippen molar-refractivity contribution >= 4 is 34.8 Å². The predicted molar refractivity (Wildman–Crippen MR) is 39.9 cm³/mol. The lowest BCUT2D eigenvalue weighted by atomic mass is 10.2. The summed E-state index contributed by atoms with van der Waals surface area (Å²) in [5, 5.41) is 15.6. The van der Waals surface area contributed by atoms with Gasteiger partial charge in [0.25, 0.3) is 0 Å². The molecule has 0 saturated carbocycles. The van der Waals surface area contributed by atoms with E-state index < -0.39 is 9.71 Å². The third kappa shape index (κ3) is 3.80. The summed E-state index contributed by atoms with van der Waals surface area (Å²) in [4.78, 5) is 0. The molecular formula is C5H3Cl3N2. The summed E-state index contributed by atoms with van der Waals surface area (Å²) in [6.45, 7) is 0. The topological polar surface area (TPSA) is 47.6 Å². The van der Waals surface area contributed by atoms with E-state index in [9.17, 15) is 0 Å². The Kier molecular flexibility index (Phi) is 3.83. The van der Waals surface area contributed by atoms with Crippen LogP contribution in [0, 0.1) is 22.7 Å². The second-order valence-electron chi connectivity index (χ2n) is 1.62. The number of halogens is 3. The lowest BCUT2D eigenvalue weighted by Gasteiger charge is -2.08. The fourth-order valence-corrected chi connectivity index (χ4v) is 1.01. The van der Waals surface area contributed by atoms with Crippen molar-refractivity contribution in [1.82, 2.24) is 0 Å². The average Bonchev–Trinajstić information content (AvgIpc) is 1.87. The molecule has 0 aliphatic carbocycles. The van der Waals surface area contributed by atoms with E-state index in [4.69, 9.17) is 45.3 Å². The van der Waals surface area contributed by atoms with Gasteiger partial charge >= 0.3 is 0 Å². The van der Waals surface area contributed by atoms with Gasteiger partial charge in [-0.2, -0.15) is 10.5 Å². The van der Waals surface area contributed by atoms with Crippen LogP contribution in [0.25, 0.3) is 0 Å². The molecule has 0 N–H and O–H groups in total. The van der Waals surface area contributed by atoms with E-state index >= 15 is 0 Å². The Morgan fingerprint density at radius 3 is 2.20 bits per heavy atom. The molecule has 1 atom stereocenters. The van der Waals surface area contributed by atoms with E-state index in [2.05, 4.69) is 0 Å². The molecule has 2 nitrogen and oxygen atoms in total. The molecule has 0 radical (unpaired) electrons. The highest BCUT2D eigenvalue weighted by Gasteiger charge is 2.26. The zero-order valence-electron chi connectivity index (χ0n) is 4.81. The van der Waals surface area contributed by atoms with Crippen LogP contribution in [-0.2, 0) is 0 Å². The van der Waals surface area contributed by atoms with E-state index in [0.29, 0.717) is 0 Å². The molecule has 0 bridgehead atoms. The smallest absolute Gasteiger partial charge is 0.197 e. The Hall–Kier alpha value is -0.150. The van der Waals surface area contributed by atoms with Crippen molar-refractivity contribution in [3.05, 3.63) is 0 Å². The minimum Gasteiger partial charge on any atom is -0.197 e. The Balaban J connectivity index is 3.95. The molecule has 0 aromatic carbocycles. The van der Waals surface area contributed by atoms with Gasteiger partial charge in [-0.05, 0) is 0 Å². The third-order valence-electron chi connectivity index (χ3n) is 0.739. The van der Waals surface area contributed by atoms with Gasteiger partial charge in [0.1, 0.15) is 11.4 Å². The van der Waals surface area contributed by atoms with Crippen molar-refractivity contribution in [3.8, 4) is 12.1 Å². The number of hydrogen-bond acceptors (Lipinski definition) is 2. The summed E-state index contributed by atoms with van der Waals surface area (Å²) in [6.07, 6.45) is -0.0509. The van der Waals surface area contributed by atoms with Gasteiger partial charge in [-0.1, -0.05) is 23.2 Å². The molecule has 0 aliphatic heterocycles. The molecule has 1 unspecified atom stereocenters. The van der Waals surface area contributed by atoms with Crippen molar-refractivity contribution < 1.29 is 0 Å². The predicted octanol–water partition coefficient (Wildman–Crippen LogP) is 2.20. The fourth-order valence-electron chi connectivity index (χ4n) is 0.316. The third-order valence-corrected chi connectivity index (χ3v) is 1.47. The maximum absolute atomic E-state index is 8.26. The summed E-state index contributed by atoms with van der Waals surface area (Å²) in [6, 6.07) is 3.30. The molecule has 0 aliphatic rings. The van der Waals surface area contributed by atoms with Crippen LogP contribution >= 0.6 is 34.8 Å². The average molecular weight is 197 g/mol. The molecule has 0 heterocycles. The van der Waals surface area contributed by atoms with Crippen LogP contribution in [0.15, 0.2) is 0 Å². The van der Waals surface area contributed by atoms with Crippen molar-refractivity contribution in [2.45, 2.75) is 16.1 Å². The van der Waals surface area contributed by atoms with Gasteiger partial charge in [0.2, 0.25) is 4.33 Å². The minimum atomic E-state index is -1.54. The van der Waals surface area contributed by atoms with Crippen molar-refractivity contribution in [3.63, 3.8) is 0 Å². The van der Waals surface area contributed by atoms with Crippen LogP contribution < -0.4 is 0 Å². The molecule has 0 aromatic rings. The van der Waals surface area contributed by atoms with Gasteiger partial charge in [0.15, 0.2) is 0 Å². The number of alkyl halides is 3. The number of nitriles is 2. The van der Waals surface area contributed by atoms with E-state index in [1.54, 1.807) is 12.1 Å². The molecule has 10 heavy (non-hydrogen) atoms. The zero-order valence-corrected chi connectivity index (χ0v) is 7.08. The number of rotatable bonds is 2. The first kappa shape index (κ1) is 9.85. The fraction of sp³-hybridized carbons (Fsp3) is 0.600. The van der Waals surface area contributed by atoms with Crippen molar-refractivity contribution in [2.24, 2.45) is 0 Å². The van der Waals surface area contributed by atoms with Gasteiger partial charge in [-0.3, -0.25) is 0 Å². The summed E-state index contributed by atoms with van der Waals surface area (Å²) in [7, 11) is 0. The molecule has 54 valence electrons. The molecule has 0 saturated heterocycles. The highest BCUT2D eigenvalue weighted by atomic mass is 35.5. The second-order valence-corrected chi connectivity index (χ2v) is 3.63. The first-order chi connectivity index (χ1) is 4.52. The first-order valence-corrected chi connectivity index (χ1v) is 3.54. The van der Waals surface area contributed by atoms with E-state index in [1.807, 2.05) is 0 Å². The van der Waals surface area contributed by atoms with Gasteiger partial charge in [0.05, 0.1) is 6.07 Å². The maximum Gasteiger partial charge on any atom is 0.205 e. The summed E-state index contributed by atoms with van der Waals surface area (Å²) in [5.74, 6) is 0. The Labute approximate surface area is 73.9 Å². The molecule has 0 fully saturated rings. The van der Waals surface area contributed by atoms with E-state index in [0.717, 1.165) is 0 Å². The highest BCUT2D eigenvalue weighted by molar-refractivity contribution is 6.50. The molecule has 0 amide bonds. The normalized spacial score (nSPS) is 13.3. The van der Waals surface area contributed by atoms with Crippen LogP contribution in [-0.4, -0.2) is 9.71 Å². The molecular weight excluding hydrogens is 194 g/mol. The number of hydrogen-bond donors (Lipinski definition) is 0. The van der Waals surface area contributed by atoms with Crippen LogP contribution in [0.2, 0.25) is 0 Å². The van der Waals surface area contributed by atoms with Gasteiger partial charge in [-0.25, -0.2) is 0 Å². The molecule has 0 aromatic heterocycles. The maximum atomic E-state index is 8.26. The van der Waals surface area contributed by atoms with Gasteiger partial charge in [-0.15, -0.1) is 11.6 Å². The van der Waals surface area contributed by atoms with E-state index in [-0.39, 0.29) is 6.42 Å². The first-order valence-electron chi connectivity index (χ1n) is 2.34. The van der Waals surface area contributed by atoms with Crippen LogP contribution in [0.4, 0.5) is 0 Å². The van der Waals surface area contributed by atoms with Crippen molar-refractivity contribution in [2.75, 3.05) is 0 Å². The minimum absolute atomic E-state index is 0.0509. The van der Waals surface area contributed by atoms with E-state index in [1.165, 1.54) is 0 Å². The summed E-state index contributed by atoms with van der Waals surface area (Å²) in [5.41, 5.74) is 0. The Morgan fingerprint density at radius 2 is 1.90 bits per heavy atom. The SMILES string of the molecule is N#CC(Cl)CC(Cl)(Cl)C#N. The Morgan fingerprint density at radius 1 is 1.40 bits per heavy atom. The van der Waals surface area contributed by atoms with Crippen LogP contribution in [0.3, 0.4) is 0 Å². The lowest BCUT2D eigenvalue weighted by molar-refractivity contribution is 0.844. The second kappa shape index (κ2) is 3.88. The van der Waals surface area contributed by atoms with Crippen molar-refractivity contribution in [1.29, 1.82) is 10.5 Å². The molecule has 5 heteroatoms. The summed E-state index contributed by atoms with van der Waals surface area (Å²) < 4.78 is -1.54. The van der Waals surface area contributed by atoms with Gasteiger partial charge < -0.3 is 0 Å². The lowest BCUT2D eigenvalue weighted by Crippen LogP contribution is -2.14.